The maximum Gasteiger partial charge on any atom is 0.332 e. The number of hydrogen-bond donors (Lipinski definition) is 0. The second-order valence-corrected chi connectivity index (χ2v) is 4.75. The first kappa shape index (κ1) is 10.4. The highest BCUT2D eigenvalue weighted by atomic mass is 32.2. The van der Waals surface area contributed by atoms with Crippen LogP contribution < -0.4 is 11.2 Å². The smallest absolute Gasteiger partial charge is 0.309 e. The monoisotopic (exact) mass is 250 g/mol. The van der Waals surface area contributed by atoms with E-state index in [2.05, 4.69) is 4.98 Å². The largest absolute Gasteiger partial charge is 0.332 e. The van der Waals surface area contributed by atoms with Gasteiger partial charge >= 0.3 is 5.69 Å². The summed E-state index contributed by atoms with van der Waals surface area (Å²) in [5.74, 6) is 0. The Balaban J connectivity index is 2.57. The minimum atomic E-state index is -0.351. The first-order chi connectivity index (χ1) is 8.11. The highest BCUT2D eigenvalue weighted by Gasteiger charge is 2.19. The van der Waals surface area contributed by atoms with E-state index in [0.717, 1.165) is 9.72 Å². The third-order valence-electron chi connectivity index (χ3n) is 2.87. The SMILES string of the molecule is Cn1c(=O)c2c(nc3n2CC=CS3)n(C)c1=O. The Morgan fingerprint density at radius 2 is 2.06 bits per heavy atom. The Kier molecular flexibility index (Phi) is 2.06. The third-order valence-corrected chi connectivity index (χ3v) is 3.72. The predicted octanol–water partition coefficient (Wildman–Crippen LogP) is 0.0531. The molecule has 7 heteroatoms. The first-order valence-electron chi connectivity index (χ1n) is 5.09. The van der Waals surface area contributed by atoms with E-state index < -0.39 is 0 Å². The van der Waals surface area contributed by atoms with Crippen molar-refractivity contribution in [2.45, 2.75) is 11.7 Å². The van der Waals surface area contributed by atoms with E-state index >= 15 is 0 Å². The number of rotatable bonds is 0. The third kappa shape index (κ3) is 1.25. The Morgan fingerprint density at radius 3 is 2.82 bits per heavy atom. The van der Waals surface area contributed by atoms with Gasteiger partial charge in [-0.2, -0.15) is 0 Å². The zero-order valence-corrected chi connectivity index (χ0v) is 10.2. The van der Waals surface area contributed by atoms with Crippen molar-refractivity contribution in [3.05, 3.63) is 32.3 Å². The van der Waals surface area contributed by atoms with Crippen LogP contribution in [0.2, 0.25) is 0 Å². The van der Waals surface area contributed by atoms with Crippen LogP contribution in [-0.4, -0.2) is 18.7 Å². The van der Waals surface area contributed by atoms with Gasteiger partial charge in [-0.05, 0) is 5.41 Å². The summed E-state index contributed by atoms with van der Waals surface area (Å²) in [6.07, 6.45) is 1.96. The molecule has 0 spiro atoms. The summed E-state index contributed by atoms with van der Waals surface area (Å²) >= 11 is 1.45. The summed E-state index contributed by atoms with van der Waals surface area (Å²) in [6.45, 7) is 0.617. The number of hydrogen-bond acceptors (Lipinski definition) is 4. The Hall–Kier alpha value is -1.76. The molecule has 3 heterocycles. The molecule has 0 atom stereocenters. The van der Waals surface area contributed by atoms with Gasteiger partial charge in [0, 0.05) is 20.6 Å². The molecule has 0 saturated heterocycles. The highest BCUT2D eigenvalue weighted by molar-refractivity contribution is 8.02. The number of thioether (sulfide) groups is 1. The first-order valence-corrected chi connectivity index (χ1v) is 5.97. The van der Waals surface area contributed by atoms with Crippen molar-refractivity contribution in [1.29, 1.82) is 0 Å². The summed E-state index contributed by atoms with van der Waals surface area (Å²) in [6, 6.07) is 0. The molecule has 0 aromatic carbocycles. The molecule has 0 N–H and O–H groups in total. The summed E-state index contributed by atoms with van der Waals surface area (Å²) in [4.78, 5) is 28.2. The molecule has 0 fully saturated rings. The van der Waals surface area contributed by atoms with E-state index in [-0.39, 0.29) is 11.2 Å². The van der Waals surface area contributed by atoms with E-state index in [1.807, 2.05) is 16.1 Å². The van der Waals surface area contributed by atoms with Crippen LogP contribution in [0.4, 0.5) is 0 Å². The molecule has 0 aliphatic carbocycles. The Bertz CT molecular complexity index is 765. The molecule has 2 aromatic rings. The topological polar surface area (TPSA) is 61.8 Å². The lowest BCUT2D eigenvalue weighted by Gasteiger charge is -2.08. The Morgan fingerprint density at radius 1 is 1.29 bits per heavy atom. The number of fused-ring (bicyclic) bond motifs is 3. The minimum Gasteiger partial charge on any atom is -0.309 e. The molecule has 3 rings (SSSR count). The molecule has 0 radical (unpaired) electrons. The van der Waals surface area contributed by atoms with Gasteiger partial charge in [0.2, 0.25) is 0 Å². The second-order valence-electron chi connectivity index (χ2n) is 3.87. The molecule has 1 aliphatic heterocycles. The minimum absolute atomic E-state index is 0.294. The van der Waals surface area contributed by atoms with Crippen molar-refractivity contribution < 1.29 is 0 Å². The molecule has 17 heavy (non-hydrogen) atoms. The standard InChI is InChI=1S/C10H10N4O2S/c1-12-7-6(8(15)13(2)10(12)16)14-4-3-5-17-9(14)11-7/h3,5H,4H2,1-2H3. The number of nitrogens with zero attached hydrogens (tertiary/aromatic N) is 4. The van der Waals surface area contributed by atoms with Gasteiger partial charge in [0.1, 0.15) is 0 Å². The lowest BCUT2D eigenvalue weighted by Crippen LogP contribution is -2.37. The zero-order chi connectivity index (χ0) is 12.2. The van der Waals surface area contributed by atoms with E-state index in [9.17, 15) is 9.59 Å². The van der Waals surface area contributed by atoms with E-state index in [1.165, 1.54) is 23.4 Å². The number of aromatic nitrogens is 4. The van der Waals surface area contributed by atoms with Crippen LogP contribution in [0.3, 0.4) is 0 Å². The van der Waals surface area contributed by atoms with Crippen LogP contribution >= 0.6 is 11.8 Å². The predicted molar refractivity (Wildman–Crippen MR) is 65.2 cm³/mol. The summed E-state index contributed by atoms with van der Waals surface area (Å²) in [5.41, 5.74) is 0.291. The van der Waals surface area contributed by atoms with Crippen LogP contribution in [0.1, 0.15) is 0 Å². The molecule has 0 amide bonds. The molecule has 0 saturated carbocycles. The highest BCUT2D eigenvalue weighted by Crippen LogP contribution is 2.25. The molecule has 88 valence electrons. The number of imidazole rings is 1. The van der Waals surface area contributed by atoms with Gasteiger partial charge in [0.05, 0.1) is 0 Å². The van der Waals surface area contributed by atoms with Gasteiger partial charge < -0.3 is 4.57 Å². The number of aryl methyl sites for hydroxylation is 1. The van der Waals surface area contributed by atoms with Crippen molar-refractivity contribution in [2.24, 2.45) is 14.1 Å². The molecule has 1 aliphatic rings. The van der Waals surface area contributed by atoms with Crippen LogP contribution in [0.15, 0.2) is 26.2 Å². The maximum atomic E-state index is 12.1. The van der Waals surface area contributed by atoms with Crippen molar-refractivity contribution in [2.75, 3.05) is 0 Å². The lowest BCUT2D eigenvalue weighted by molar-refractivity contribution is 0.699. The fraction of sp³-hybridized carbons (Fsp3) is 0.300. The summed E-state index contributed by atoms with van der Waals surface area (Å²) < 4.78 is 4.35. The summed E-state index contributed by atoms with van der Waals surface area (Å²) in [5, 5.41) is 2.69. The van der Waals surface area contributed by atoms with Crippen molar-refractivity contribution in [3.63, 3.8) is 0 Å². The van der Waals surface area contributed by atoms with Gasteiger partial charge in [0.25, 0.3) is 5.56 Å². The number of allylic oxidation sites excluding steroid dienone is 1. The Labute approximate surface area is 100 Å². The van der Waals surface area contributed by atoms with Gasteiger partial charge in [-0.25, -0.2) is 9.78 Å². The molecule has 6 nitrogen and oxygen atoms in total. The second kappa shape index (κ2) is 3.36. The van der Waals surface area contributed by atoms with Gasteiger partial charge in [-0.15, -0.1) is 0 Å². The van der Waals surface area contributed by atoms with Gasteiger partial charge in [-0.3, -0.25) is 13.9 Å². The van der Waals surface area contributed by atoms with E-state index in [0.29, 0.717) is 17.7 Å². The molecular weight excluding hydrogens is 240 g/mol. The fourth-order valence-corrected chi connectivity index (χ4v) is 2.68. The van der Waals surface area contributed by atoms with Crippen LogP contribution in [0, 0.1) is 0 Å². The van der Waals surface area contributed by atoms with Crippen molar-refractivity contribution >= 4 is 22.9 Å². The van der Waals surface area contributed by atoms with Crippen molar-refractivity contribution in [1.82, 2.24) is 18.7 Å². The van der Waals surface area contributed by atoms with E-state index in [4.69, 9.17) is 0 Å². The average molecular weight is 250 g/mol. The molecule has 0 unspecified atom stereocenters. The zero-order valence-electron chi connectivity index (χ0n) is 9.38. The van der Waals surface area contributed by atoms with Crippen LogP contribution in [-0.2, 0) is 20.6 Å². The molecule has 2 aromatic heterocycles. The van der Waals surface area contributed by atoms with Crippen molar-refractivity contribution in [3.8, 4) is 0 Å². The van der Waals surface area contributed by atoms with Gasteiger partial charge in [-0.1, -0.05) is 17.8 Å². The van der Waals surface area contributed by atoms with E-state index in [1.54, 1.807) is 7.05 Å². The fourth-order valence-electron chi connectivity index (χ4n) is 1.94. The molecule has 0 bridgehead atoms. The maximum absolute atomic E-state index is 12.1. The normalized spacial score (nSPS) is 14.2. The molecular formula is C10H10N4O2S. The summed E-state index contributed by atoms with van der Waals surface area (Å²) in [7, 11) is 3.11. The van der Waals surface area contributed by atoms with Gasteiger partial charge in [0.15, 0.2) is 16.3 Å². The quantitative estimate of drug-likeness (QED) is 0.663. The average Bonchev–Trinajstić information content (AvgIpc) is 2.73. The lowest BCUT2D eigenvalue weighted by atomic mass is 10.5. The van der Waals surface area contributed by atoms with Crippen LogP contribution in [0.5, 0.6) is 0 Å². The van der Waals surface area contributed by atoms with Crippen LogP contribution in [0.25, 0.3) is 11.2 Å².